The largest absolute Gasteiger partial charge is 0.460 e. The molecule has 1 N–H and O–H groups in total. The molecule has 0 spiro atoms. The second kappa shape index (κ2) is 7.33. The molecule has 1 aromatic heterocycles. The molecule has 0 saturated carbocycles. The first-order valence-electron chi connectivity index (χ1n) is 6.61. The Morgan fingerprint density at radius 2 is 2.32 bits per heavy atom. The fourth-order valence-electron chi connectivity index (χ4n) is 1.95. The van der Waals surface area contributed by atoms with Crippen molar-refractivity contribution in [1.29, 1.82) is 0 Å². The van der Waals surface area contributed by atoms with Crippen LogP contribution in [0.25, 0.3) is 0 Å². The molecule has 0 aliphatic carbocycles. The van der Waals surface area contributed by atoms with Crippen molar-refractivity contribution in [3.05, 3.63) is 18.1 Å². The van der Waals surface area contributed by atoms with Gasteiger partial charge in [0.1, 0.15) is 5.82 Å². The van der Waals surface area contributed by atoms with Crippen LogP contribution in [0.3, 0.4) is 0 Å². The number of esters is 1. The minimum absolute atomic E-state index is 0.117. The number of nitrogens with zero attached hydrogens (tertiary/aromatic N) is 2. The maximum Gasteiger partial charge on any atom is 0.376 e. The standard InChI is InChI=1S/C13H19N3O2S/c1-2-18-13(17)12-14-6-3-11(16-12)15-9-10-4-7-19-8-5-10/h3,6,10H,2,4-5,7-9H2,1H3,(H,14,15,16). The molecule has 0 amide bonds. The van der Waals surface area contributed by atoms with Gasteiger partial charge in [-0.2, -0.15) is 11.8 Å². The molecule has 0 atom stereocenters. The van der Waals surface area contributed by atoms with Crippen LogP contribution in [0.5, 0.6) is 0 Å². The van der Waals surface area contributed by atoms with E-state index in [2.05, 4.69) is 15.3 Å². The summed E-state index contributed by atoms with van der Waals surface area (Å²) in [6, 6.07) is 1.78. The summed E-state index contributed by atoms with van der Waals surface area (Å²) in [7, 11) is 0. The number of carbonyl (C=O) groups excluding carboxylic acids is 1. The molecule has 1 aliphatic rings. The van der Waals surface area contributed by atoms with Gasteiger partial charge in [0.05, 0.1) is 6.61 Å². The molecular weight excluding hydrogens is 262 g/mol. The van der Waals surface area contributed by atoms with Crippen LogP contribution in [0.2, 0.25) is 0 Å². The zero-order valence-electron chi connectivity index (χ0n) is 11.1. The topological polar surface area (TPSA) is 64.1 Å². The van der Waals surface area contributed by atoms with E-state index in [-0.39, 0.29) is 5.82 Å². The predicted octanol–water partition coefficient (Wildman–Crippen LogP) is 2.21. The average Bonchev–Trinajstić information content (AvgIpc) is 2.47. The van der Waals surface area contributed by atoms with Crippen molar-refractivity contribution in [2.24, 2.45) is 5.92 Å². The van der Waals surface area contributed by atoms with Gasteiger partial charge < -0.3 is 10.1 Å². The molecule has 0 bridgehead atoms. The van der Waals surface area contributed by atoms with Crippen LogP contribution >= 0.6 is 11.8 Å². The van der Waals surface area contributed by atoms with Gasteiger partial charge in [-0.15, -0.1) is 0 Å². The van der Waals surface area contributed by atoms with Crippen LogP contribution in [0.1, 0.15) is 30.4 Å². The van der Waals surface area contributed by atoms with Crippen molar-refractivity contribution in [3.63, 3.8) is 0 Å². The molecule has 0 radical (unpaired) electrons. The van der Waals surface area contributed by atoms with Crippen LogP contribution < -0.4 is 5.32 Å². The molecule has 0 aromatic carbocycles. The Morgan fingerprint density at radius 1 is 1.53 bits per heavy atom. The predicted molar refractivity (Wildman–Crippen MR) is 76.5 cm³/mol. The highest BCUT2D eigenvalue weighted by Crippen LogP contribution is 2.22. The zero-order chi connectivity index (χ0) is 13.5. The summed E-state index contributed by atoms with van der Waals surface area (Å²) in [5, 5.41) is 3.28. The molecule has 1 fully saturated rings. The van der Waals surface area contributed by atoms with Crippen LogP contribution in [0, 0.1) is 5.92 Å². The summed E-state index contributed by atoms with van der Waals surface area (Å²) >= 11 is 2.02. The fraction of sp³-hybridized carbons (Fsp3) is 0.615. The van der Waals surface area contributed by atoms with E-state index in [4.69, 9.17) is 4.74 Å². The normalized spacial score (nSPS) is 16.1. The third kappa shape index (κ3) is 4.38. The lowest BCUT2D eigenvalue weighted by Crippen LogP contribution is -2.20. The SMILES string of the molecule is CCOC(=O)c1nccc(NCC2CCSCC2)n1. The van der Waals surface area contributed by atoms with Crippen molar-refractivity contribution in [3.8, 4) is 0 Å². The van der Waals surface area contributed by atoms with Gasteiger partial charge in [-0.25, -0.2) is 14.8 Å². The Labute approximate surface area is 117 Å². The fourth-order valence-corrected chi connectivity index (χ4v) is 3.15. The van der Waals surface area contributed by atoms with Gasteiger partial charge in [0, 0.05) is 12.7 Å². The summed E-state index contributed by atoms with van der Waals surface area (Å²) in [5.41, 5.74) is 0. The van der Waals surface area contributed by atoms with Crippen LogP contribution in [-0.4, -0.2) is 40.6 Å². The minimum Gasteiger partial charge on any atom is -0.460 e. The molecule has 6 heteroatoms. The second-order valence-electron chi connectivity index (χ2n) is 4.42. The number of rotatable bonds is 5. The van der Waals surface area contributed by atoms with Crippen molar-refractivity contribution in [2.45, 2.75) is 19.8 Å². The van der Waals surface area contributed by atoms with E-state index in [1.54, 1.807) is 19.2 Å². The lowest BCUT2D eigenvalue weighted by Gasteiger charge is -2.21. The van der Waals surface area contributed by atoms with Crippen molar-refractivity contribution in [2.75, 3.05) is 30.0 Å². The monoisotopic (exact) mass is 281 g/mol. The molecule has 0 unspecified atom stereocenters. The molecule has 2 heterocycles. The van der Waals surface area contributed by atoms with E-state index in [0.29, 0.717) is 18.3 Å². The maximum atomic E-state index is 11.5. The first kappa shape index (κ1) is 14.1. The van der Waals surface area contributed by atoms with Gasteiger partial charge in [0.25, 0.3) is 0 Å². The summed E-state index contributed by atoms with van der Waals surface area (Å²) in [6.45, 7) is 3.00. The van der Waals surface area contributed by atoms with E-state index in [9.17, 15) is 4.79 Å². The van der Waals surface area contributed by atoms with Gasteiger partial charge in [-0.1, -0.05) is 0 Å². The Kier molecular flexibility index (Phi) is 5.44. The summed E-state index contributed by atoms with van der Waals surface area (Å²) < 4.78 is 4.88. The Bertz CT molecular complexity index is 422. The Hall–Kier alpha value is -1.30. The summed E-state index contributed by atoms with van der Waals surface area (Å²) in [5.74, 6) is 3.51. The van der Waals surface area contributed by atoms with E-state index in [0.717, 1.165) is 6.54 Å². The Morgan fingerprint density at radius 3 is 3.05 bits per heavy atom. The van der Waals surface area contributed by atoms with Crippen molar-refractivity contribution in [1.82, 2.24) is 9.97 Å². The molecule has 5 nitrogen and oxygen atoms in total. The summed E-state index contributed by atoms with van der Waals surface area (Å²) in [6.07, 6.45) is 4.07. The molecule has 19 heavy (non-hydrogen) atoms. The van der Waals surface area contributed by atoms with Crippen LogP contribution in [-0.2, 0) is 4.74 Å². The number of anilines is 1. The number of carbonyl (C=O) groups is 1. The molecule has 1 aliphatic heterocycles. The second-order valence-corrected chi connectivity index (χ2v) is 5.65. The zero-order valence-corrected chi connectivity index (χ0v) is 11.9. The number of hydrogen-bond acceptors (Lipinski definition) is 6. The van der Waals surface area contributed by atoms with Gasteiger partial charge >= 0.3 is 5.97 Å². The average molecular weight is 281 g/mol. The first-order chi connectivity index (χ1) is 9.29. The lowest BCUT2D eigenvalue weighted by molar-refractivity contribution is 0.0512. The molecular formula is C13H19N3O2S. The van der Waals surface area contributed by atoms with Crippen molar-refractivity contribution >= 4 is 23.5 Å². The third-order valence-electron chi connectivity index (χ3n) is 3.03. The number of thioether (sulfide) groups is 1. The van der Waals surface area contributed by atoms with E-state index in [1.807, 2.05) is 11.8 Å². The third-order valence-corrected chi connectivity index (χ3v) is 4.08. The highest BCUT2D eigenvalue weighted by atomic mass is 32.2. The molecule has 104 valence electrons. The number of aromatic nitrogens is 2. The van der Waals surface area contributed by atoms with E-state index in [1.165, 1.54) is 24.3 Å². The molecule has 1 saturated heterocycles. The maximum absolute atomic E-state index is 11.5. The highest BCUT2D eigenvalue weighted by Gasteiger charge is 2.14. The van der Waals surface area contributed by atoms with Gasteiger partial charge in [0.2, 0.25) is 5.82 Å². The highest BCUT2D eigenvalue weighted by molar-refractivity contribution is 7.99. The van der Waals surface area contributed by atoms with Crippen LogP contribution in [0.15, 0.2) is 12.3 Å². The smallest absolute Gasteiger partial charge is 0.376 e. The van der Waals surface area contributed by atoms with Gasteiger partial charge in [-0.05, 0) is 43.3 Å². The summed E-state index contributed by atoms with van der Waals surface area (Å²) in [4.78, 5) is 19.6. The van der Waals surface area contributed by atoms with Crippen molar-refractivity contribution < 1.29 is 9.53 Å². The quantitative estimate of drug-likeness (QED) is 0.835. The van der Waals surface area contributed by atoms with Gasteiger partial charge in [0.15, 0.2) is 0 Å². The molecule has 2 rings (SSSR count). The molecule has 1 aromatic rings. The number of nitrogens with one attached hydrogen (secondary N) is 1. The lowest BCUT2D eigenvalue weighted by atomic mass is 10.0. The Balaban J connectivity index is 1.89. The number of ether oxygens (including phenoxy) is 1. The van der Waals surface area contributed by atoms with Crippen LogP contribution in [0.4, 0.5) is 5.82 Å². The minimum atomic E-state index is -0.472. The van der Waals surface area contributed by atoms with E-state index < -0.39 is 5.97 Å². The van der Waals surface area contributed by atoms with E-state index >= 15 is 0 Å². The number of hydrogen-bond donors (Lipinski definition) is 1. The van der Waals surface area contributed by atoms with Gasteiger partial charge in [-0.3, -0.25) is 0 Å². The first-order valence-corrected chi connectivity index (χ1v) is 7.77.